The van der Waals surface area contributed by atoms with Crippen molar-refractivity contribution in [1.29, 1.82) is 0 Å². The Bertz CT molecular complexity index is 1230. The molecule has 1 saturated heterocycles. The van der Waals surface area contributed by atoms with E-state index < -0.39 is 0 Å². The van der Waals surface area contributed by atoms with Crippen LogP contribution in [0, 0.1) is 0 Å². The number of nitrogens with one attached hydrogen (secondary N) is 1. The van der Waals surface area contributed by atoms with Crippen LogP contribution in [-0.2, 0) is 0 Å². The number of hydrogen-bond donors (Lipinski definition) is 1. The van der Waals surface area contributed by atoms with Gasteiger partial charge in [-0.25, -0.2) is 15.0 Å². The Morgan fingerprint density at radius 1 is 0.875 bits per heavy atom. The van der Waals surface area contributed by atoms with Gasteiger partial charge >= 0.3 is 0 Å². The molecule has 0 unspecified atom stereocenters. The second kappa shape index (κ2) is 8.02. The summed E-state index contributed by atoms with van der Waals surface area (Å²) in [5.41, 5.74) is 3.21. The Hall–Kier alpha value is -3.26. The number of anilines is 3. The summed E-state index contributed by atoms with van der Waals surface area (Å²) in [6.07, 6.45) is 10.7. The van der Waals surface area contributed by atoms with Crippen molar-refractivity contribution in [2.24, 2.45) is 0 Å². The molecule has 164 valence electrons. The zero-order chi connectivity index (χ0) is 21.5. The Morgan fingerprint density at radius 2 is 1.69 bits per heavy atom. The molecule has 1 aliphatic carbocycles. The topological polar surface area (TPSA) is 75.0 Å². The van der Waals surface area contributed by atoms with Crippen LogP contribution in [0.5, 0.6) is 0 Å². The molecule has 6 rings (SSSR count). The van der Waals surface area contributed by atoms with Crippen molar-refractivity contribution in [3.05, 3.63) is 42.9 Å². The van der Waals surface area contributed by atoms with Crippen LogP contribution in [-0.4, -0.2) is 62.9 Å². The smallest absolute Gasteiger partial charge is 0.228 e. The van der Waals surface area contributed by atoms with Crippen molar-refractivity contribution in [2.45, 2.75) is 31.7 Å². The molecule has 0 spiro atoms. The molecule has 2 fully saturated rings. The van der Waals surface area contributed by atoms with E-state index >= 15 is 0 Å². The van der Waals surface area contributed by atoms with E-state index in [1.54, 1.807) is 0 Å². The molecule has 1 saturated carbocycles. The number of nitrogens with zero attached hydrogens (tertiary/aromatic N) is 7. The van der Waals surface area contributed by atoms with Crippen LogP contribution in [0.2, 0.25) is 0 Å². The van der Waals surface area contributed by atoms with Gasteiger partial charge < -0.3 is 15.1 Å². The van der Waals surface area contributed by atoms with Crippen molar-refractivity contribution in [3.8, 4) is 0 Å². The predicted molar refractivity (Wildman–Crippen MR) is 128 cm³/mol. The van der Waals surface area contributed by atoms with Gasteiger partial charge in [-0.3, -0.25) is 4.68 Å². The van der Waals surface area contributed by atoms with Crippen LogP contribution in [0.4, 0.5) is 17.5 Å². The highest BCUT2D eigenvalue weighted by Gasteiger charge is 2.21. The molecule has 4 heterocycles. The van der Waals surface area contributed by atoms with Gasteiger partial charge in [-0.1, -0.05) is 25.0 Å². The predicted octanol–water partition coefficient (Wildman–Crippen LogP) is 3.99. The first-order valence-corrected chi connectivity index (χ1v) is 11.5. The highest BCUT2D eigenvalue weighted by molar-refractivity contribution is 6.03. The molecule has 0 radical (unpaired) electrons. The van der Waals surface area contributed by atoms with Crippen LogP contribution in [0.3, 0.4) is 0 Å². The summed E-state index contributed by atoms with van der Waals surface area (Å²) in [6.45, 7) is 4.22. The summed E-state index contributed by atoms with van der Waals surface area (Å²) in [7, 11) is 2.17. The monoisotopic (exact) mass is 428 g/mol. The van der Waals surface area contributed by atoms with Gasteiger partial charge in [-0.05, 0) is 32.0 Å². The lowest BCUT2D eigenvalue weighted by Crippen LogP contribution is -2.44. The Morgan fingerprint density at radius 3 is 2.47 bits per heavy atom. The maximum absolute atomic E-state index is 4.88. The van der Waals surface area contributed by atoms with E-state index in [0.717, 1.165) is 59.5 Å². The van der Waals surface area contributed by atoms with Gasteiger partial charge in [0.15, 0.2) is 0 Å². The van der Waals surface area contributed by atoms with Crippen molar-refractivity contribution >= 4 is 39.3 Å². The number of benzene rings is 1. The lowest BCUT2D eigenvalue weighted by molar-refractivity contribution is 0.313. The standard InChI is InChI=1S/C24H28N8/c1-30-10-12-31(13-11-30)20-8-9-21(25-16-20)28-24-26-14-17-6-7-18-15-27-32(19-4-2-3-5-19)23(18)22(17)29-24/h6-9,14-16,19H,2-5,10-13H2,1H3,(H,25,26,28,29). The van der Waals surface area contributed by atoms with Crippen molar-refractivity contribution in [1.82, 2.24) is 29.6 Å². The number of likely N-dealkylation sites (N-methyl/N-ethyl adjacent to an activating group) is 1. The lowest BCUT2D eigenvalue weighted by Gasteiger charge is -2.33. The van der Waals surface area contributed by atoms with E-state index in [1.807, 2.05) is 24.7 Å². The largest absolute Gasteiger partial charge is 0.368 e. The number of pyridine rings is 1. The maximum Gasteiger partial charge on any atom is 0.228 e. The summed E-state index contributed by atoms with van der Waals surface area (Å²) in [5, 5.41) is 10.2. The normalized spacial score (nSPS) is 18.1. The fourth-order valence-corrected chi connectivity index (χ4v) is 4.94. The molecule has 1 N–H and O–H groups in total. The lowest BCUT2D eigenvalue weighted by atomic mass is 10.1. The summed E-state index contributed by atoms with van der Waals surface area (Å²) < 4.78 is 2.19. The Balaban J connectivity index is 1.29. The van der Waals surface area contributed by atoms with Gasteiger partial charge in [-0.15, -0.1) is 0 Å². The maximum atomic E-state index is 4.88. The minimum atomic E-state index is 0.466. The first-order valence-electron chi connectivity index (χ1n) is 11.5. The van der Waals surface area contributed by atoms with Crippen LogP contribution >= 0.6 is 0 Å². The van der Waals surface area contributed by atoms with Crippen LogP contribution < -0.4 is 10.2 Å². The first-order chi connectivity index (χ1) is 15.7. The van der Waals surface area contributed by atoms with Gasteiger partial charge in [0, 0.05) is 43.1 Å². The van der Waals surface area contributed by atoms with E-state index in [1.165, 1.54) is 25.7 Å². The number of aromatic nitrogens is 5. The molecular formula is C24H28N8. The zero-order valence-electron chi connectivity index (χ0n) is 18.4. The number of rotatable bonds is 4. The minimum absolute atomic E-state index is 0.466. The quantitative estimate of drug-likeness (QED) is 0.527. The molecule has 1 aromatic carbocycles. The van der Waals surface area contributed by atoms with Crippen LogP contribution in [0.1, 0.15) is 31.7 Å². The van der Waals surface area contributed by atoms with Gasteiger partial charge in [0.2, 0.25) is 5.95 Å². The summed E-state index contributed by atoms with van der Waals surface area (Å²) in [5.74, 6) is 1.31. The van der Waals surface area contributed by atoms with Crippen molar-refractivity contribution in [3.63, 3.8) is 0 Å². The summed E-state index contributed by atoms with van der Waals surface area (Å²) in [6, 6.07) is 8.78. The van der Waals surface area contributed by atoms with Gasteiger partial charge in [-0.2, -0.15) is 5.10 Å². The van der Waals surface area contributed by atoms with E-state index in [-0.39, 0.29) is 0 Å². The molecule has 0 amide bonds. The average Bonchev–Trinajstić information content (AvgIpc) is 3.50. The number of piperazine rings is 1. The third kappa shape index (κ3) is 3.54. The Labute approximate surface area is 187 Å². The minimum Gasteiger partial charge on any atom is -0.368 e. The molecule has 2 aliphatic rings. The van der Waals surface area contributed by atoms with Gasteiger partial charge in [0.1, 0.15) is 11.3 Å². The zero-order valence-corrected chi connectivity index (χ0v) is 18.4. The molecule has 4 aromatic rings. The fraction of sp³-hybridized carbons (Fsp3) is 0.417. The van der Waals surface area contributed by atoms with Gasteiger partial charge in [0.25, 0.3) is 0 Å². The second-order valence-electron chi connectivity index (χ2n) is 8.98. The van der Waals surface area contributed by atoms with Crippen LogP contribution in [0.15, 0.2) is 42.9 Å². The molecular weight excluding hydrogens is 400 g/mol. The summed E-state index contributed by atoms with van der Waals surface area (Å²) in [4.78, 5) is 18.8. The van der Waals surface area contributed by atoms with E-state index in [0.29, 0.717) is 12.0 Å². The second-order valence-corrected chi connectivity index (χ2v) is 8.98. The molecule has 1 aliphatic heterocycles. The molecule has 8 heteroatoms. The molecule has 0 bridgehead atoms. The summed E-state index contributed by atoms with van der Waals surface area (Å²) >= 11 is 0. The molecule has 0 atom stereocenters. The average molecular weight is 429 g/mol. The van der Waals surface area contributed by atoms with Crippen LogP contribution in [0.25, 0.3) is 21.8 Å². The van der Waals surface area contributed by atoms with Crippen molar-refractivity contribution < 1.29 is 0 Å². The fourth-order valence-electron chi connectivity index (χ4n) is 4.94. The number of fused-ring (bicyclic) bond motifs is 3. The third-order valence-corrected chi connectivity index (χ3v) is 6.83. The highest BCUT2D eigenvalue weighted by atomic mass is 15.3. The van der Waals surface area contributed by atoms with E-state index in [4.69, 9.17) is 10.1 Å². The highest BCUT2D eigenvalue weighted by Crippen LogP contribution is 2.34. The van der Waals surface area contributed by atoms with E-state index in [9.17, 15) is 0 Å². The van der Waals surface area contributed by atoms with Gasteiger partial charge in [0.05, 0.1) is 29.6 Å². The first kappa shape index (κ1) is 19.4. The molecule has 8 nitrogen and oxygen atoms in total. The SMILES string of the molecule is CN1CCN(c2ccc(Nc3ncc4ccc5cnn(C6CCCC6)c5c4n3)nc2)CC1. The molecule has 3 aromatic heterocycles. The van der Waals surface area contributed by atoms with Crippen molar-refractivity contribution in [2.75, 3.05) is 43.4 Å². The third-order valence-electron chi connectivity index (χ3n) is 6.83. The van der Waals surface area contributed by atoms with E-state index in [2.05, 4.69) is 55.0 Å². The Kier molecular flexibility index (Phi) is 4.87. The number of hydrogen-bond acceptors (Lipinski definition) is 7. The molecule has 32 heavy (non-hydrogen) atoms.